The summed E-state index contributed by atoms with van der Waals surface area (Å²) >= 11 is 1.74. The van der Waals surface area contributed by atoms with Gasteiger partial charge in [0, 0.05) is 67.0 Å². The Kier molecular flexibility index (Phi) is 12.4. The van der Waals surface area contributed by atoms with Crippen molar-refractivity contribution >= 4 is 68.8 Å². The molecule has 2 saturated carbocycles. The van der Waals surface area contributed by atoms with Crippen molar-refractivity contribution in [3.63, 3.8) is 0 Å². The van der Waals surface area contributed by atoms with E-state index in [4.69, 9.17) is 29.2 Å². The summed E-state index contributed by atoms with van der Waals surface area (Å²) < 4.78 is 36.1. The summed E-state index contributed by atoms with van der Waals surface area (Å²) in [6.45, 7) is 8.75. The summed E-state index contributed by atoms with van der Waals surface area (Å²) in [7, 11) is 2.58. The van der Waals surface area contributed by atoms with Crippen molar-refractivity contribution in [3.05, 3.63) is 81.3 Å². The Balaban J connectivity index is 0.886. The standard InChI is InChI=1S/C54H61FN8O7S/c1-27(2)45(59-53(66)68-5)50(64)61-17-7-9-40(61)37-21-34(25-56-37)31-15-16-39-33(19-31)23-42-44-36(55)20-32(24-43(44)70-52(63(39)42)48-47(29-11-12-29)58-49(71-48)30-13-14-30)35-22-38(57-26-35)41-10-8-18-62(41)51(65)46(28(3)4)60-54(67)69-6/h15-16,19-20,23-30,40-41,45-46,52H,7-14,17-18,21-22H2,1-6H3,(H,59,66)(H,60,67)/t40-,41-,45-,46-,52?/m0/s1. The number of hydrogen-bond donors (Lipinski definition) is 2. The SMILES string of the molecule is COC(=O)N[C@H](C(=O)N1CCC[C@H]1C1=NC=C(c2cc(F)c3c(c2)OC(c2sc(C4CC4)nc2C2CC2)n2c-3cc3cc(C4=CN=C([C@@H]5CCCN5C(=O)[C@@H](NC(=O)OC)C(C)C)C4)ccc32)C1)C(C)C. The number of aromatic nitrogens is 2. The van der Waals surface area contributed by atoms with Crippen LogP contribution in [0.4, 0.5) is 14.0 Å². The first-order chi connectivity index (χ1) is 34.3. The molecule has 5 atom stereocenters. The molecule has 0 bridgehead atoms. The van der Waals surface area contributed by atoms with E-state index >= 15 is 4.39 Å². The molecule has 15 nitrogen and oxygen atoms in total. The average molecular weight is 985 g/mol. The zero-order chi connectivity index (χ0) is 49.4. The summed E-state index contributed by atoms with van der Waals surface area (Å²) in [5, 5.41) is 7.56. The summed E-state index contributed by atoms with van der Waals surface area (Å²) in [4.78, 5) is 72.0. The van der Waals surface area contributed by atoms with Crippen LogP contribution >= 0.6 is 11.3 Å². The maximum absolute atomic E-state index is 17.2. The number of methoxy groups -OCH3 is 2. The molecule has 372 valence electrons. The minimum absolute atomic E-state index is 0.129. The molecular weight excluding hydrogens is 924 g/mol. The number of ether oxygens (including phenoxy) is 3. The Morgan fingerprint density at radius 3 is 1.87 bits per heavy atom. The minimum Gasteiger partial charge on any atom is -0.464 e. The first-order valence-corrected chi connectivity index (χ1v) is 26.1. The lowest BCUT2D eigenvalue weighted by Crippen LogP contribution is -2.53. The van der Waals surface area contributed by atoms with Crippen molar-refractivity contribution in [2.24, 2.45) is 21.8 Å². The van der Waals surface area contributed by atoms with Crippen LogP contribution in [0.15, 0.2) is 58.8 Å². The fourth-order valence-electron chi connectivity index (χ4n) is 11.2. The predicted octanol–water partition coefficient (Wildman–Crippen LogP) is 9.71. The van der Waals surface area contributed by atoms with E-state index in [0.717, 1.165) is 112 Å². The molecule has 2 aliphatic carbocycles. The van der Waals surface area contributed by atoms with Crippen molar-refractivity contribution in [2.75, 3.05) is 27.3 Å². The highest BCUT2D eigenvalue weighted by atomic mass is 32.1. The summed E-state index contributed by atoms with van der Waals surface area (Å²) in [5.74, 6) is 0.318. The third-order valence-corrected chi connectivity index (χ3v) is 16.6. The second-order valence-electron chi connectivity index (χ2n) is 20.8. The number of likely N-dealkylation sites (tertiary alicyclic amines) is 2. The summed E-state index contributed by atoms with van der Waals surface area (Å²) in [5.41, 5.74) is 8.43. The van der Waals surface area contributed by atoms with Crippen molar-refractivity contribution < 1.29 is 37.8 Å². The molecule has 2 N–H and O–H groups in total. The van der Waals surface area contributed by atoms with Gasteiger partial charge in [0.2, 0.25) is 18.0 Å². The molecule has 7 aliphatic rings. The number of nitrogens with zero attached hydrogens (tertiary/aromatic N) is 6. The van der Waals surface area contributed by atoms with Gasteiger partial charge in [-0.1, -0.05) is 33.8 Å². The number of rotatable bonds is 13. The number of benzene rings is 2. The van der Waals surface area contributed by atoms with E-state index in [1.807, 2.05) is 49.8 Å². The normalized spacial score (nSPS) is 22.4. The molecule has 71 heavy (non-hydrogen) atoms. The monoisotopic (exact) mass is 984 g/mol. The molecule has 0 spiro atoms. The molecular formula is C54H61FN8O7S. The second kappa shape index (κ2) is 18.7. The van der Waals surface area contributed by atoms with E-state index in [9.17, 15) is 19.2 Å². The second-order valence-corrected chi connectivity index (χ2v) is 21.9. The lowest BCUT2D eigenvalue weighted by molar-refractivity contribution is -0.134. The van der Waals surface area contributed by atoms with Crippen molar-refractivity contribution in [2.45, 2.75) is 134 Å². The molecule has 2 aromatic carbocycles. The van der Waals surface area contributed by atoms with Gasteiger partial charge in [-0.25, -0.2) is 19.0 Å². The highest BCUT2D eigenvalue weighted by Crippen LogP contribution is 2.54. The minimum atomic E-state index is -0.741. The number of carbonyl (C=O) groups excluding carboxylic acids is 4. The van der Waals surface area contributed by atoms with E-state index in [0.29, 0.717) is 54.6 Å². The van der Waals surface area contributed by atoms with Gasteiger partial charge in [0.1, 0.15) is 23.7 Å². The van der Waals surface area contributed by atoms with Crippen molar-refractivity contribution in [3.8, 4) is 17.0 Å². The Morgan fingerprint density at radius 2 is 1.32 bits per heavy atom. The molecule has 2 aromatic heterocycles. The zero-order valence-corrected chi connectivity index (χ0v) is 41.9. The van der Waals surface area contributed by atoms with E-state index in [2.05, 4.69) is 39.5 Å². The summed E-state index contributed by atoms with van der Waals surface area (Å²) in [6.07, 6.45) is 10.5. The van der Waals surface area contributed by atoms with Crippen molar-refractivity contribution in [1.29, 1.82) is 0 Å². The Labute approximate surface area is 416 Å². The predicted molar refractivity (Wildman–Crippen MR) is 270 cm³/mol. The van der Waals surface area contributed by atoms with Crippen molar-refractivity contribution in [1.82, 2.24) is 30.0 Å². The third kappa shape index (κ3) is 8.71. The van der Waals surface area contributed by atoms with Crippen LogP contribution in [0.25, 0.3) is 33.3 Å². The molecule has 2 saturated heterocycles. The number of halogens is 1. The number of nitrogens with one attached hydrogen (secondary N) is 2. The molecule has 5 aliphatic heterocycles. The quantitative estimate of drug-likeness (QED) is 0.133. The van der Waals surface area contributed by atoms with Crippen LogP contribution < -0.4 is 15.4 Å². The van der Waals surface area contributed by atoms with Crippen LogP contribution in [-0.4, -0.2) is 106 Å². The van der Waals surface area contributed by atoms with Crippen LogP contribution in [0.3, 0.4) is 0 Å². The number of thiazole rings is 1. The van der Waals surface area contributed by atoms with Gasteiger partial charge in [0.05, 0.1) is 58.7 Å². The number of carbonyl (C=O) groups is 4. The third-order valence-electron chi connectivity index (χ3n) is 15.3. The van der Waals surface area contributed by atoms with E-state index < -0.39 is 36.3 Å². The van der Waals surface area contributed by atoms with Crippen LogP contribution in [0, 0.1) is 17.7 Å². The first-order valence-electron chi connectivity index (χ1n) is 25.3. The van der Waals surface area contributed by atoms with Crippen LogP contribution in [-0.2, 0) is 19.1 Å². The highest BCUT2D eigenvalue weighted by Gasteiger charge is 2.43. The molecule has 1 unspecified atom stereocenters. The Morgan fingerprint density at radius 1 is 0.746 bits per heavy atom. The van der Waals surface area contributed by atoms with Gasteiger partial charge in [-0.15, -0.1) is 11.3 Å². The number of alkyl carbamates (subject to hydrolysis) is 2. The Bertz CT molecular complexity index is 2980. The lowest BCUT2D eigenvalue weighted by Gasteiger charge is -2.31. The van der Waals surface area contributed by atoms with E-state index in [-0.39, 0.29) is 35.7 Å². The zero-order valence-electron chi connectivity index (χ0n) is 41.1. The molecule has 0 radical (unpaired) electrons. The van der Waals surface area contributed by atoms with Gasteiger partial charge in [-0.3, -0.25) is 24.1 Å². The maximum Gasteiger partial charge on any atom is 0.407 e. The summed E-state index contributed by atoms with van der Waals surface area (Å²) in [6, 6.07) is 10.1. The van der Waals surface area contributed by atoms with Gasteiger partial charge in [-0.2, -0.15) is 0 Å². The Hall–Kier alpha value is -6.36. The molecule has 7 heterocycles. The van der Waals surface area contributed by atoms with E-state index in [1.54, 1.807) is 23.6 Å². The van der Waals surface area contributed by atoms with Gasteiger partial charge in [0.25, 0.3) is 0 Å². The van der Waals surface area contributed by atoms with Gasteiger partial charge >= 0.3 is 12.2 Å². The number of amides is 4. The number of allylic oxidation sites excluding steroid dienone is 2. The topological polar surface area (TPSA) is 169 Å². The number of fused-ring (bicyclic) bond motifs is 5. The fraction of sp³-hybridized carbons (Fsp3) is 0.500. The van der Waals surface area contributed by atoms with Gasteiger partial charge in [-0.05, 0) is 116 Å². The first kappa shape index (κ1) is 47.0. The molecule has 4 fully saturated rings. The smallest absolute Gasteiger partial charge is 0.407 e. The molecule has 17 heteroatoms. The van der Waals surface area contributed by atoms with Gasteiger partial charge in [0.15, 0.2) is 0 Å². The average Bonchev–Trinajstić information content (AvgIpc) is 3.86. The highest BCUT2D eigenvalue weighted by molar-refractivity contribution is 7.12. The number of hydrogen-bond acceptors (Lipinski definition) is 11. The van der Waals surface area contributed by atoms with Crippen LogP contribution in [0.2, 0.25) is 0 Å². The molecule has 4 amide bonds. The fourth-order valence-corrected chi connectivity index (χ4v) is 12.5. The molecule has 4 aromatic rings. The lowest BCUT2D eigenvalue weighted by atomic mass is 9.95. The number of aliphatic imine (C=N–C) groups is 2. The van der Waals surface area contributed by atoms with Gasteiger partial charge < -0.3 is 34.6 Å². The van der Waals surface area contributed by atoms with Crippen LogP contribution in [0.5, 0.6) is 5.75 Å². The maximum atomic E-state index is 17.2. The molecule has 11 rings (SSSR count). The van der Waals surface area contributed by atoms with E-state index in [1.165, 1.54) is 14.2 Å². The largest absolute Gasteiger partial charge is 0.464 e. The van der Waals surface area contributed by atoms with Crippen LogP contribution in [0.1, 0.15) is 137 Å².